The van der Waals surface area contributed by atoms with E-state index in [2.05, 4.69) is 9.71 Å². The molecule has 3 rings (SSSR count). The van der Waals surface area contributed by atoms with Crippen LogP contribution in [-0.4, -0.2) is 61.7 Å². The quantitative estimate of drug-likeness (QED) is 0.872. The summed E-state index contributed by atoms with van der Waals surface area (Å²) in [6.07, 6.45) is 0. The number of carbonyl (C=O) groups excluding carboxylic acids is 1. The molecule has 1 saturated heterocycles. The molecule has 0 spiro atoms. The number of hydrogen-bond acceptors (Lipinski definition) is 5. The van der Waals surface area contributed by atoms with Crippen molar-refractivity contribution >= 4 is 27.2 Å². The van der Waals surface area contributed by atoms with Gasteiger partial charge >= 0.3 is 0 Å². The third kappa shape index (κ3) is 3.07. The lowest BCUT2D eigenvalue weighted by atomic mass is 10.1. The highest BCUT2D eigenvalue weighted by Crippen LogP contribution is 2.18. The van der Waals surface area contributed by atoms with Crippen LogP contribution in [-0.2, 0) is 10.2 Å². The highest BCUT2D eigenvalue weighted by molar-refractivity contribution is 7.87. The molecule has 8 nitrogen and oxygen atoms in total. The molecule has 1 aliphatic rings. The number of nitrogens with zero attached hydrogens (tertiary/aromatic N) is 3. The van der Waals surface area contributed by atoms with Crippen molar-refractivity contribution in [2.45, 2.75) is 6.92 Å². The molecule has 1 N–H and O–H groups in total. The molecule has 0 bridgehead atoms. The maximum absolute atomic E-state index is 12.6. The van der Waals surface area contributed by atoms with E-state index in [0.717, 1.165) is 0 Å². The number of benzene rings is 1. The van der Waals surface area contributed by atoms with Crippen LogP contribution < -0.4 is 4.72 Å². The summed E-state index contributed by atoms with van der Waals surface area (Å²) in [4.78, 5) is 18.4. The van der Waals surface area contributed by atoms with Gasteiger partial charge in [-0.3, -0.25) is 4.79 Å². The number of hydrogen-bond donors (Lipinski definition) is 1. The van der Waals surface area contributed by atoms with Crippen molar-refractivity contribution in [3.05, 3.63) is 29.7 Å². The lowest BCUT2D eigenvalue weighted by Crippen LogP contribution is -2.52. The Morgan fingerprint density at radius 2 is 1.96 bits per heavy atom. The zero-order valence-electron chi connectivity index (χ0n) is 12.9. The largest absolute Gasteiger partial charge is 0.441 e. The minimum Gasteiger partial charge on any atom is -0.441 e. The maximum Gasteiger partial charge on any atom is 0.279 e. The Labute approximate surface area is 134 Å². The van der Waals surface area contributed by atoms with E-state index in [-0.39, 0.29) is 19.0 Å². The number of rotatable bonds is 3. The number of amides is 1. The van der Waals surface area contributed by atoms with Crippen molar-refractivity contribution in [1.82, 2.24) is 18.9 Å². The Kier molecular flexibility index (Phi) is 4.09. The van der Waals surface area contributed by atoms with Gasteiger partial charge in [-0.2, -0.15) is 12.7 Å². The summed E-state index contributed by atoms with van der Waals surface area (Å²) < 4.78 is 32.5. The van der Waals surface area contributed by atoms with Gasteiger partial charge < -0.3 is 9.32 Å². The molecule has 2 aromatic rings. The first-order valence-electron chi connectivity index (χ1n) is 7.26. The van der Waals surface area contributed by atoms with Crippen LogP contribution >= 0.6 is 0 Å². The number of aryl methyl sites for hydroxylation is 1. The lowest BCUT2D eigenvalue weighted by Gasteiger charge is -2.33. The van der Waals surface area contributed by atoms with Crippen molar-refractivity contribution in [2.75, 3.05) is 33.2 Å². The molecule has 23 heavy (non-hydrogen) atoms. The fourth-order valence-electron chi connectivity index (χ4n) is 2.62. The van der Waals surface area contributed by atoms with Crippen molar-refractivity contribution in [2.24, 2.45) is 0 Å². The van der Waals surface area contributed by atoms with Crippen LogP contribution in [0.2, 0.25) is 0 Å². The Bertz CT molecular complexity index is 838. The monoisotopic (exact) mass is 338 g/mol. The van der Waals surface area contributed by atoms with Gasteiger partial charge in [-0.05, 0) is 18.2 Å². The Hall–Kier alpha value is -1.97. The van der Waals surface area contributed by atoms with Gasteiger partial charge in [0.25, 0.3) is 16.1 Å². The molecule has 1 aromatic carbocycles. The van der Waals surface area contributed by atoms with E-state index in [0.29, 0.717) is 35.6 Å². The van der Waals surface area contributed by atoms with Gasteiger partial charge in [-0.25, -0.2) is 9.71 Å². The van der Waals surface area contributed by atoms with E-state index in [1.54, 1.807) is 30.0 Å². The smallest absolute Gasteiger partial charge is 0.279 e. The van der Waals surface area contributed by atoms with E-state index >= 15 is 0 Å². The molecule has 0 unspecified atom stereocenters. The van der Waals surface area contributed by atoms with Gasteiger partial charge in [0, 0.05) is 45.7 Å². The molecule has 2 heterocycles. The molecule has 1 fully saturated rings. The summed E-state index contributed by atoms with van der Waals surface area (Å²) in [5, 5.41) is 0. The zero-order valence-corrected chi connectivity index (χ0v) is 13.8. The Morgan fingerprint density at radius 3 is 2.61 bits per heavy atom. The molecule has 0 saturated carbocycles. The van der Waals surface area contributed by atoms with Gasteiger partial charge in [0.1, 0.15) is 5.52 Å². The topological polar surface area (TPSA) is 95.8 Å². The molecule has 1 amide bonds. The Morgan fingerprint density at radius 1 is 1.26 bits per heavy atom. The number of oxazole rings is 1. The summed E-state index contributed by atoms with van der Waals surface area (Å²) >= 11 is 0. The summed E-state index contributed by atoms with van der Waals surface area (Å²) in [6.45, 7) is 3.01. The van der Waals surface area contributed by atoms with Crippen LogP contribution in [0.25, 0.3) is 11.1 Å². The first-order valence-corrected chi connectivity index (χ1v) is 8.70. The zero-order chi connectivity index (χ0) is 16.6. The highest BCUT2D eigenvalue weighted by atomic mass is 32.2. The summed E-state index contributed by atoms with van der Waals surface area (Å²) in [5.74, 6) is 0.415. The second-order valence-corrected chi connectivity index (χ2v) is 7.19. The summed E-state index contributed by atoms with van der Waals surface area (Å²) in [7, 11) is -2.06. The van der Waals surface area contributed by atoms with E-state index in [9.17, 15) is 13.2 Å². The third-order valence-corrected chi connectivity index (χ3v) is 5.43. The normalized spacial score (nSPS) is 16.9. The van der Waals surface area contributed by atoms with Crippen molar-refractivity contribution < 1.29 is 17.6 Å². The minimum atomic E-state index is -3.44. The van der Waals surface area contributed by atoms with Gasteiger partial charge in [0.05, 0.1) is 0 Å². The molecule has 0 radical (unpaired) electrons. The highest BCUT2D eigenvalue weighted by Gasteiger charge is 2.28. The Balaban J connectivity index is 1.73. The van der Waals surface area contributed by atoms with E-state index in [1.807, 2.05) is 0 Å². The van der Waals surface area contributed by atoms with Crippen LogP contribution in [0.3, 0.4) is 0 Å². The fourth-order valence-corrected chi connectivity index (χ4v) is 3.52. The molecule has 1 aliphatic heterocycles. The number of nitrogens with one attached hydrogen (secondary N) is 1. The number of carbonyl (C=O) groups is 1. The van der Waals surface area contributed by atoms with Gasteiger partial charge in [-0.15, -0.1) is 0 Å². The lowest BCUT2D eigenvalue weighted by molar-refractivity contribution is 0.0697. The van der Waals surface area contributed by atoms with Crippen LogP contribution in [0.5, 0.6) is 0 Å². The van der Waals surface area contributed by atoms with Crippen molar-refractivity contribution in [3.8, 4) is 0 Å². The molecule has 0 aliphatic carbocycles. The molecule has 124 valence electrons. The standard InChI is InChI=1S/C14H18N4O4S/c1-10-16-12-4-3-11(9-13(12)22-10)14(19)17-5-7-18(8-6-17)23(20,21)15-2/h3-4,9,15H,5-8H2,1-2H3. The van der Waals surface area contributed by atoms with Crippen LogP contribution in [0, 0.1) is 6.92 Å². The first kappa shape index (κ1) is 15.9. The van der Waals surface area contributed by atoms with Crippen LogP contribution in [0.1, 0.15) is 16.2 Å². The summed E-state index contributed by atoms with van der Waals surface area (Å²) in [5.41, 5.74) is 1.80. The third-order valence-electron chi connectivity index (χ3n) is 3.87. The predicted molar refractivity (Wildman–Crippen MR) is 84.2 cm³/mol. The molecule has 1 aromatic heterocycles. The predicted octanol–water partition coefficient (Wildman–Crippen LogP) is 0.358. The second-order valence-electron chi connectivity index (χ2n) is 5.32. The second kappa shape index (κ2) is 5.91. The van der Waals surface area contributed by atoms with E-state index in [1.165, 1.54) is 11.4 Å². The fraction of sp³-hybridized carbons (Fsp3) is 0.429. The number of piperazine rings is 1. The average molecular weight is 338 g/mol. The SMILES string of the molecule is CNS(=O)(=O)N1CCN(C(=O)c2ccc3nc(C)oc3c2)CC1. The minimum absolute atomic E-state index is 0.137. The number of fused-ring (bicyclic) bond motifs is 1. The molecule has 0 atom stereocenters. The van der Waals surface area contributed by atoms with Crippen molar-refractivity contribution in [3.63, 3.8) is 0 Å². The average Bonchev–Trinajstić information content (AvgIpc) is 2.93. The van der Waals surface area contributed by atoms with Crippen LogP contribution in [0.4, 0.5) is 0 Å². The van der Waals surface area contributed by atoms with Gasteiger partial charge in [0.2, 0.25) is 0 Å². The molecular formula is C14H18N4O4S. The van der Waals surface area contributed by atoms with Gasteiger partial charge in [0.15, 0.2) is 11.5 Å². The van der Waals surface area contributed by atoms with E-state index in [4.69, 9.17) is 4.42 Å². The molecular weight excluding hydrogens is 320 g/mol. The van der Waals surface area contributed by atoms with Crippen molar-refractivity contribution in [1.29, 1.82) is 0 Å². The van der Waals surface area contributed by atoms with E-state index < -0.39 is 10.2 Å². The van der Waals surface area contributed by atoms with Crippen LogP contribution in [0.15, 0.2) is 22.6 Å². The maximum atomic E-state index is 12.6. The summed E-state index contributed by atoms with van der Waals surface area (Å²) in [6, 6.07) is 5.14. The molecule has 9 heteroatoms. The van der Waals surface area contributed by atoms with Gasteiger partial charge in [-0.1, -0.05) is 0 Å². The first-order chi connectivity index (χ1) is 10.9. The number of aromatic nitrogens is 1.